The number of carboxylic acid groups (broad SMARTS) is 1. The fraction of sp³-hybridized carbons (Fsp3) is 0.643. The van der Waals surface area contributed by atoms with Gasteiger partial charge in [0.1, 0.15) is 0 Å². The maximum atomic E-state index is 11.8. The second kappa shape index (κ2) is 10.8. The number of carbonyl (C=O) groups excluding carboxylic acids is 2. The van der Waals surface area contributed by atoms with E-state index in [1.165, 1.54) is 0 Å². The molecule has 0 spiro atoms. The highest BCUT2D eigenvalue weighted by atomic mass is 16.6. The van der Waals surface area contributed by atoms with Crippen molar-refractivity contribution in [2.45, 2.75) is 39.2 Å². The molecule has 0 radical (unpaired) electrons. The summed E-state index contributed by atoms with van der Waals surface area (Å²) in [5.74, 6) is -2.79. The van der Waals surface area contributed by atoms with Gasteiger partial charge in [0.25, 0.3) is 0 Å². The van der Waals surface area contributed by atoms with E-state index in [1.807, 2.05) is 6.92 Å². The number of carbonyl (C=O) groups is 3. The first-order valence-corrected chi connectivity index (χ1v) is 6.77. The molecule has 0 aliphatic carbocycles. The third kappa shape index (κ3) is 8.80. The third-order valence-corrected chi connectivity index (χ3v) is 2.34. The zero-order valence-electron chi connectivity index (χ0n) is 12.4. The van der Waals surface area contributed by atoms with Crippen molar-refractivity contribution in [2.75, 3.05) is 19.8 Å². The smallest absolute Gasteiger partial charge is 0.347 e. The number of rotatable bonds is 11. The molecular weight excluding hydrogens is 280 g/mol. The van der Waals surface area contributed by atoms with Crippen molar-refractivity contribution >= 4 is 17.9 Å². The van der Waals surface area contributed by atoms with E-state index in [9.17, 15) is 14.4 Å². The molecule has 0 aliphatic heterocycles. The SMILES string of the molecule is C=C(CC(=O)O)C(=O)OC(CCOCC)C(=O)OCCC. The van der Waals surface area contributed by atoms with E-state index in [0.717, 1.165) is 0 Å². The van der Waals surface area contributed by atoms with Gasteiger partial charge in [-0.25, -0.2) is 9.59 Å². The third-order valence-electron chi connectivity index (χ3n) is 2.34. The van der Waals surface area contributed by atoms with Crippen molar-refractivity contribution in [3.63, 3.8) is 0 Å². The lowest BCUT2D eigenvalue weighted by molar-refractivity contribution is -0.167. The van der Waals surface area contributed by atoms with Crippen molar-refractivity contribution in [1.82, 2.24) is 0 Å². The monoisotopic (exact) mass is 302 g/mol. The van der Waals surface area contributed by atoms with Crippen molar-refractivity contribution < 1.29 is 33.7 Å². The van der Waals surface area contributed by atoms with Crippen LogP contribution in [0.4, 0.5) is 0 Å². The van der Waals surface area contributed by atoms with Crippen LogP contribution in [0.5, 0.6) is 0 Å². The summed E-state index contributed by atoms with van der Waals surface area (Å²) in [5, 5.41) is 8.59. The van der Waals surface area contributed by atoms with E-state index in [4.69, 9.17) is 19.3 Å². The summed E-state index contributed by atoms with van der Waals surface area (Å²) in [7, 11) is 0. The van der Waals surface area contributed by atoms with Gasteiger partial charge in [0.2, 0.25) is 6.10 Å². The lowest BCUT2D eigenvalue weighted by atomic mass is 10.2. The number of hydrogen-bond donors (Lipinski definition) is 1. The van der Waals surface area contributed by atoms with Crippen LogP contribution < -0.4 is 0 Å². The van der Waals surface area contributed by atoms with Crippen molar-refractivity contribution in [3.05, 3.63) is 12.2 Å². The molecule has 7 heteroatoms. The summed E-state index contributed by atoms with van der Waals surface area (Å²) in [5.41, 5.74) is -0.229. The molecule has 0 aromatic carbocycles. The number of esters is 2. The van der Waals surface area contributed by atoms with Gasteiger partial charge in [-0.3, -0.25) is 4.79 Å². The first kappa shape index (κ1) is 19.1. The Hall–Kier alpha value is -1.89. The Morgan fingerprint density at radius 2 is 1.86 bits per heavy atom. The van der Waals surface area contributed by atoms with E-state index in [-0.39, 0.29) is 25.2 Å². The summed E-state index contributed by atoms with van der Waals surface area (Å²) < 4.78 is 15.0. The summed E-state index contributed by atoms with van der Waals surface area (Å²) >= 11 is 0. The van der Waals surface area contributed by atoms with E-state index in [0.29, 0.717) is 13.0 Å². The van der Waals surface area contributed by atoms with Crippen LogP contribution in [-0.4, -0.2) is 48.9 Å². The Labute approximate surface area is 123 Å². The minimum atomic E-state index is -1.20. The second-order valence-corrected chi connectivity index (χ2v) is 4.22. The van der Waals surface area contributed by atoms with Crippen LogP contribution in [0, 0.1) is 0 Å². The molecule has 0 aromatic heterocycles. The predicted molar refractivity (Wildman–Crippen MR) is 73.6 cm³/mol. The molecule has 0 fully saturated rings. The molecule has 21 heavy (non-hydrogen) atoms. The molecule has 120 valence electrons. The predicted octanol–water partition coefficient (Wildman–Crippen LogP) is 1.31. The van der Waals surface area contributed by atoms with Gasteiger partial charge in [0, 0.05) is 18.6 Å². The van der Waals surface area contributed by atoms with Gasteiger partial charge in [0.15, 0.2) is 0 Å². The number of hydrogen-bond acceptors (Lipinski definition) is 6. The van der Waals surface area contributed by atoms with Gasteiger partial charge in [0.05, 0.1) is 19.6 Å². The summed E-state index contributed by atoms with van der Waals surface area (Å²) in [6.45, 7) is 7.87. The van der Waals surface area contributed by atoms with Gasteiger partial charge in [-0.1, -0.05) is 13.5 Å². The zero-order valence-corrected chi connectivity index (χ0v) is 12.4. The highest BCUT2D eigenvalue weighted by Gasteiger charge is 2.26. The molecular formula is C14H22O7. The van der Waals surface area contributed by atoms with Gasteiger partial charge < -0.3 is 19.3 Å². The maximum Gasteiger partial charge on any atom is 0.347 e. The minimum Gasteiger partial charge on any atom is -0.481 e. The standard InChI is InChI=1S/C14H22O7/c1-4-7-20-14(18)11(6-8-19-5-2)21-13(17)10(3)9-12(15)16/h11H,3-9H2,1-2H3,(H,15,16). The van der Waals surface area contributed by atoms with Crippen LogP contribution in [0.2, 0.25) is 0 Å². The lowest BCUT2D eigenvalue weighted by Gasteiger charge is -2.17. The molecule has 0 aromatic rings. The molecule has 1 unspecified atom stereocenters. The highest BCUT2D eigenvalue weighted by Crippen LogP contribution is 2.09. The van der Waals surface area contributed by atoms with Gasteiger partial charge in [-0.2, -0.15) is 0 Å². The Morgan fingerprint density at radius 1 is 1.19 bits per heavy atom. The molecule has 0 heterocycles. The minimum absolute atomic E-state index is 0.141. The Kier molecular flexibility index (Phi) is 9.87. The summed E-state index contributed by atoms with van der Waals surface area (Å²) in [6.07, 6.45) is -0.881. The maximum absolute atomic E-state index is 11.8. The van der Waals surface area contributed by atoms with Crippen LogP contribution in [0.25, 0.3) is 0 Å². The molecule has 1 atom stereocenters. The molecule has 0 aliphatic rings. The van der Waals surface area contributed by atoms with Crippen LogP contribution in [0.15, 0.2) is 12.2 Å². The molecule has 0 saturated carbocycles. The van der Waals surface area contributed by atoms with Crippen molar-refractivity contribution in [1.29, 1.82) is 0 Å². The normalized spacial score (nSPS) is 11.5. The molecule has 0 bridgehead atoms. The first-order chi connectivity index (χ1) is 9.92. The van der Waals surface area contributed by atoms with Crippen LogP contribution in [0.1, 0.15) is 33.1 Å². The van der Waals surface area contributed by atoms with Gasteiger partial charge >= 0.3 is 17.9 Å². The molecule has 0 saturated heterocycles. The molecule has 0 rings (SSSR count). The fourth-order valence-electron chi connectivity index (χ4n) is 1.32. The number of carboxylic acids is 1. The van der Waals surface area contributed by atoms with E-state index < -0.39 is 30.4 Å². The van der Waals surface area contributed by atoms with E-state index in [1.54, 1.807) is 6.92 Å². The van der Waals surface area contributed by atoms with Crippen LogP contribution >= 0.6 is 0 Å². The Bertz CT molecular complexity index is 376. The summed E-state index contributed by atoms with van der Waals surface area (Å²) in [4.78, 5) is 33.9. The highest BCUT2D eigenvalue weighted by molar-refractivity contribution is 5.94. The topological polar surface area (TPSA) is 99.1 Å². The lowest BCUT2D eigenvalue weighted by Crippen LogP contribution is -2.31. The van der Waals surface area contributed by atoms with Crippen molar-refractivity contribution in [3.8, 4) is 0 Å². The molecule has 1 N–H and O–H groups in total. The largest absolute Gasteiger partial charge is 0.481 e. The molecule has 7 nitrogen and oxygen atoms in total. The Balaban J connectivity index is 4.56. The average Bonchev–Trinajstić information content (AvgIpc) is 2.42. The van der Waals surface area contributed by atoms with Crippen LogP contribution in [0.3, 0.4) is 0 Å². The van der Waals surface area contributed by atoms with Crippen LogP contribution in [-0.2, 0) is 28.6 Å². The Morgan fingerprint density at radius 3 is 2.38 bits per heavy atom. The van der Waals surface area contributed by atoms with Gasteiger partial charge in [-0.15, -0.1) is 0 Å². The molecule has 0 amide bonds. The second-order valence-electron chi connectivity index (χ2n) is 4.22. The number of ether oxygens (including phenoxy) is 3. The zero-order chi connectivity index (χ0) is 16.3. The van der Waals surface area contributed by atoms with E-state index in [2.05, 4.69) is 6.58 Å². The first-order valence-electron chi connectivity index (χ1n) is 6.77. The summed E-state index contributed by atoms with van der Waals surface area (Å²) in [6, 6.07) is 0. The average molecular weight is 302 g/mol. The fourth-order valence-corrected chi connectivity index (χ4v) is 1.32. The van der Waals surface area contributed by atoms with E-state index >= 15 is 0 Å². The van der Waals surface area contributed by atoms with Crippen molar-refractivity contribution in [2.24, 2.45) is 0 Å². The quantitative estimate of drug-likeness (QED) is 0.349. The van der Waals surface area contributed by atoms with Gasteiger partial charge in [-0.05, 0) is 13.3 Å². The number of aliphatic carboxylic acids is 1.